The zero-order chi connectivity index (χ0) is 14.8. The number of hydrogen-bond donors (Lipinski definition) is 0. The first-order valence-electron chi connectivity index (χ1n) is 7.42. The first-order chi connectivity index (χ1) is 10.1. The van der Waals surface area contributed by atoms with E-state index in [1.165, 1.54) is 6.26 Å². The van der Waals surface area contributed by atoms with E-state index >= 15 is 0 Å². The SMILES string of the molecule is CC1CCC(=O)N(CC(=O)c2coc3ccccc23)CC1. The summed E-state index contributed by atoms with van der Waals surface area (Å²) in [6, 6.07) is 7.47. The van der Waals surface area contributed by atoms with Crippen LogP contribution in [0.4, 0.5) is 0 Å². The number of amides is 1. The molecule has 0 aliphatic carbocycles. The van der Waals surface area contributed by atoms with Crippen LogP contribution in [0.1, 0.15) is 36.5 Å². The van der Waals surface area contributed by atoms with Crippen LogP contribution >= 0.6 is 0 Å². The molecular formula is C17H19NO3. The Morgan fingerprint density at radius 1 is 1.33 bits per heavy atom. The van der Waals surface area contributed by atoms with Crippen LogP contribution < -0.4 is 0 Å². The molecule has 1 aliphatic rings. The molecule has 1 atom stereocenters. The Morgan fingerprint density at radius 2 is 2.14 bits per heavy atom. The monoisotopic (exact) mass is 285 g/mol. The van der Waals surface area contributed by atoms with Crippen molar-refractivity contribution < 1.29 is 14.0 Å². The van der Waals surface area contributed by atoms with Crippen LogP contribution in [0.25, 0.3) is 11.0 Å². The van der Waals surface area contributed by atoms with Crippen LogP contribution in [-0.4, -0.2) is 29.7 Å². The van der Waals surface area contributed by atoms with Crippen molar-refractivity contribution >= 4 is 22.7 Å². The molecule has 0 bridgehead atoms. The molecule has 1 amide bonds. The number of benzene rings is 1. The van der Waals surface area contributed by atoms with Gasteiger partial charge in [-0.25, -0.2) is 0 Å². The summed E-state index contributed by atoms with van der Waals surface area (Å²) >= 11 is 0. The summed E-state index contributed by atoms with van der Waals surface area (Å²) in [4.78, 5) is 26.2. The summed E-state index contributed by atoms with van der Waals surface area (Å²) < 4.78 is 5.40. The van der Waals surface area contributed by atoms with Crippen LogP contribution in [-0.2, 0) is 4.79 Å². The average Bonchev–Trinajstić information content (AvgIpc) is 2.86. The highest BCUT2D eigenvalue weighted by Gasteiger charge is 2.23. The van der Waals surface area contributed by atoms with Gasteiger partial charge >= 0.3 is 0 Å². The highest BCUT2D eigenvalue weighted by molar-refractivity contribution is 6.08. The van der Waals surface area contributed by atoms with Gasteiger partial charge in [0.15, 0.2) is 5.78 Å². The van der Waals surface area contributed by atoms with Gasteiger partial charge < -0.3 is 9.32 Å². The van der Waals surface area contributed by atoms with Gasteiger partial charge in [-0.15, -0.1) is 0 Å². The fourth-order valence-electron chi connectivity index (χ4n) is 2.79. The van der Waals surface area contributed by atoms with Crippen molar-refractivity contribution in [2.75, 3.05) is 13.1 Å². The van der Waals surface area contributed by atoms with Crippen molar-refractivity contribution in [1.82, 2.24) is 4.90 Å². The van der Waals surface area contributed by atoms with Crippen molar-refractivity contribution in [3.8, 4) is 0 Å². The van der Waals surface area contributed by atoms with Crippen LogP contribution in [0.2, 0.25) is 0 Å². The number of carbonyl (C=O) groups is 2. The van der Waals surface area contributed by atoms with Gasteiger partial charge in [0.2, 0.25) is 5.91 Å². The normalized spacial score (nSPS) is 19.8. The fraction of sp³-hybridized carbons (Fsp3) is 0.412. The van der Waals surface area contributed by atoms with E-state index in [1.54, 1.807) is 4.90 Å². The summed E-state index contributed by atoms with van der Waals surface area (Å²) in [6.07, 6.45) is 3.92. The molecule has 1 fully saturated rings. The Morgan fingerprint density at radius 3 is 3.00 bits per heavy atom. The predicted octanol–water partition coefficient (Wildman–Crippen LogP) is 3.26. The van der Waals surface area contributed by atoms with Crippen molar-refractivity contribution in [3.05, 3.63) is 36.1 Å². The highest BCUT2D eigenvalue weighted by Crippen LogP contribution is 2.22. The van der Waals surface area contributed by atoms with Gasteiger partial charge in [0.1, 0.15) is 11.8 Å². The van der Waals surface area contributed by atoms with Crippen LogP contribution in [0.5, 0.6) is 0 Å². The van der Waals surface area contributed by atoms with E-state index in [9.17, 15) is 9.59 Å². The van der Waals surface area contributed by atoms with Gasteiger partial charge in [0, 0.05) is 18.4 Å². The Bertz CT molecular complexity index is 673. The number of fused-ring (bicyclic) bond motifs is 1. The minimum atomic E-state index is -0.0529. The summed E-state index contributed by atoms with van der Waals surface area (Å²) in [5.74, 6) is 0.576. The zero-order valence-corrected chi connectivity index (χ0v) is 12.2. The largest absolute Gasteiger partial charge is 0.464 e. The molecule has 1 unspecified atom stereocenters. The maximum atomic E-state index is 12.5. The predicted molar refractivity (Wildman–Crippen MR) is 80.1 cm³/mol. The van der Waals surface area contributed by atoms with Gasteiger partial charge in [-0.05, 0) is 24.8 Å². The summed E-state index contributed by atoms with van der Waals surface area (Å²) in [7, 11) is 0. The van der Waals surface area contributed by atoms with Crippen LogP contribution in [0.3, 0.4) is 0 Å². The maximum Gasteiger partial charge on any atom is 0.222 e. The van der Waals surface area contributed by atoms with Crippen molar-refractivity contribution in [1.29, 1.82) is 0 Å². The van der Waals surface area contributed by atoms with E-state index < -0.39 is 0 Å². The third-order valence-corrected chi connectivity index (χ3v) is 4.21. The van der Waals surface area contributed by atoms with Gasteiger partial charge in [0.05, 0.1) is 12.1 Å². The maximum absolute atomic E-state index is 12.5. The molecule has 21 heavy (non-hydrogen) atoms. The molecule has 4 heteroatoms. The lowest BCUT2D eigenvalue weighted by atomic mass is 10.0. The number of ketones is 1. The number of hydrogen-bond acceptors (Lipinski definition) is 3. The molecular weight excluding hydrogens is 266 g/mol. The van der Waals surface area contributed by atoms with Gasteiger partial charge in [-0.2, -0.15) is 0 Å². The molecule has 0 saturated carbocycles. The molecule has 1 aromatic heterocycles. The lowest BCUT2D eigenvalue weighted by molar-refractivity contribution is -0.130. The summed E-state index contributed by atoms with van der Waals surface area (Å²) in [6.45, 7) is 2.97. The lowest BCUT2D eigenvalue weighted by Gasteiger charge is -2.19. The second-order valence-corrected chi connectivity index (χ2v) is 5.82. The van der Waals surface area contributed by atoms with Crippen molar-refractivity contribution in [3.63, 3.8) is 0 Å². The third-order valence-electron chi connectivity index (χ3n) is 4.21. The summed E-state index contributed by atoms with van der Waals surface area (Å²) in [5.41, 5.74) is 1.27. The molecule has 3 rings (SSSR count). The molecule has 0 spiro atoms. The van der Waals surface area contributed by atoms with Crippen LogP contribution in [0, 0.1) is 5.92 Å². The van der Waals surface area contributed by atoms with E-state index in [0.29, 0.717) is 30.0 Å². The molecule has 0 radical (unpaired) electrons. The Balaban J connectivity index is 1.78. The van der Waals surface area contributed by atoms with Gasteiger partial charge in [-0.1, -0.05) is 25.1 Å². The number of furan rings is 1. The van der Waals surface area contributed by atoms with Crippen molar-refractivity contribution in [2.24, 2.45) is 5.92 Å². The van der Waals surface area contributed by atoms with E-state index in [0.717, 1.165) is 18.2 Å². The van der Waals surface area contributed by atoms with E-state index in [1.807, 2.05) is 24.3 Å². The van der Waals surface area contributed by atoms with E-state index in [4.69, 9.17) is 4.42 Å². The average molecular weight is 285 g/mol. The second-order valence-electron chi connectivity index (χ2n) is 5.82. The molecule has 1 aliphatic heterocycles. The van der Waals surface area contributed by atoms with Gasteiger partial charge in [-0.3, -0.25) is 9.59 Å². The number of likely N-dealkylation sites (tertiary alicyclic amines) is 1. The van der Waals surface area contributed by atoms with Gasteiger partial charge in [0.25, 0.3) is 0 Å². The minimum Gasteiger partial charge on any atom is -0.464 e. The number of Topliss-reactive ketones (excluding diaryl/α,β-unsaturated/α-hetero) is 1. The van der Waals surface area contributed by atoms with Crippen LogP contribution in [0.15, 0.2) is 34.9 Å². The van der Waals surface area contributed by atoms with Crippen molar-refractivity contribution in [2.45, 2.75) is 26.2 Å². The number of para-hydroxylation sites is 1. The smallest absolute Gasteiger partial charge is 0.222 e. The second kappa shape index (κ2) is 5.72. The lowest BCUT2D eigenvalue weighted by Crippen LogP contribution is -2.35. The Labute approximate surface area is 123 Å². The topological polar surface area (TPSA) is 50.5 Å². The molecule has 4 nitrogen and oxygen atoms in total. The molecule has 0 N–H and O–H groups in total. The fourth-order valence-corrected chi connectivity index (χ4v) is 2.79. The Kier molecular flexibility index (Phi) is 3.78. The third kappa shape index (κ3) is 2.84. The first kappa shape index (κ1) is 13.9. The summed E-state index contributed by atoms with van der Waals surface area (Å²) in [5, 5.41) is 0.818. The molecule has 2 heterocycles. The molecule has 1 aromatic carbocycles. The molecule has 110 valence electrons. The zero-order valence-electron chi connectivity index (χ0n) is 12.2. The number of rotatable bonds is 3. The Hall–Kier alpha value is -2.10. The molecule has 2 aromatic rings. The first-order valence-corrected chi connectivity index (χ1v) is 7.42. The van der Waals surface area contributed by atoms with E-state index in [-0.39, 0.29) is 18.2 Å². The standard InChI is InChI=1S/C17H19NO3/c1-12-6-7-17(20)18(9-8-12)10-15(19)14-11-21-16-5-3-2-4-13(14)16/h2-5,11-12H,6-10H2,1H3. The number of nitrogens with zero attached hydrogens (tertiary/aromatic N) is 1. The number of carbonyl (C=O) groups excluding carboxylic acids is 2. The minimum absolute atomic E-state index is 0.0529. The quantitative estimate of drug-likeness (QED) is 0.813. The van der Waals surface area contributed by atoms with E-state index in [2.05, 4.69) is 6.92 Å². The molecule has 1 saturated heterocycles. The highest BCUT2D eigenvalue weighted by atomic mass is 16.3.